The Bertz CT molecular complexity index is 487. The number of hydrogen-bond donors (Lipinski definition) is 0. The normalized spacial score (nSPS) is 12.3. The molecule has 0 N–H and O–H groups in total. The number of aromatic nitrogens is 1. The maximum Gasteiger partial charge on any atom is 0.228 e. The maximum atomic E-state index is 5.67. The molecule has 3 rings (SSSR count). The first-order valence-electron chi connectivity index (χ1n) is 4.69. The van der Waals surface area contributed by atoms with Crippen molar-refractivity contribution in [3.8, 4) is 11.6 Å². The van der Waals surface area contributed by atoms with Gasteiger partial charge in [-0.2, -0.15) is 0 Å². The molecule has 0 fully saturated rings. The van der Waals surface area contributed by atoms with Crippen LogP contribution in [0.1, 0.15) is 5.56 Å². The zero-order chi connectivity index (χ0) is 10.1. The lowest BCUT2D eigenvalue weighted by Gasteiger charge is -2.05. The molecule has 0 aliphatic carbocycles. The predicted molar refractivity (Wildman–Crippen MR) is 58.0 cm³/mol. The highest BCUT2D eigenvalue weighted by atomic mass is 16.5. The summed E-state index contributed by atoms with van der Waals surface area (Å²) >= 11 is 0. The predicted octanol–water partition coefficient (Wildman–Crippen LogP) is 2.94. The summed E-state index contributed by atoms with van der Waals surface area (Å²) in [6.07, 6.45) is 3.48. The van der Waals surface area contributed by atoms with E-state index in [0.29, 0.717) is 5.88 Å². The fourth-order valence-corrected chi connectivity index (χ4v) is 1.48. The van der Waals surface area contributed by atoms with Crippen LogP contribution >= 0.6 is 0 Å². The van der Waals surface area contributed by atoms with E-state index in [1.54, 1.807) is 12.4 Å². The van der Waals surface area contributed by atoms with E-state index in [0.717, 1.165) is 17.0 Å². The summed E-state index contributed by atoms with van der Waals surface area (Å²) in [7, 11) is 0. The number of nitrogens with zero attached hydrogens (tertiary/aromatic N) is 2. The number of rotatable bonds is 0. The van der Waals surface area contributed by atoms with Gasteiger partial charge >= 0.3 is 0 Å². The molecule has 0 radical (unpaired) electrons. The van der Waals surface area contributed by atoms with Gasteiger partial charge in [-0.15, -0.1) is 0 Å². The molecule has 1 aliphatic heterocycles. The minimum Gasteiger partial charge on any atom is -0.436 e. The molecule has 0 unspecified atom stereocenters. The fraction of sp³-hybridized carbons (Fsp3) is 0. The Labute approximate surface area is 87.1 Å². The second kappa shape index (κ2) is 3.20. The van der Waals surface area contributed by atoms with Gasteiger partial charge in [0, 0.05) is 12.4 Å². The van der Waals surface area contributed by atoms with E-state index in [1.165, 1.54) is 0 Å². The Morgan fingerprint density at radius 3 is 2.93 bits per heavy atom. The van der Waals surface area contributed by atoms with Gasteiger partial charge < -0.3 is 4.74 Å². The first-order chi connectivity index (χ1) is 7.43. The van der Waals surface area contributed by atoms with Crippen LogP contribution < -0.4 is 4.74 Å². The number of benzene rings is 1. The van der Waals surface area contributed by atoms with Crippen LogP contribution in [0.25, 0.3) is 0 Å². The molecule has 1 aromatic heterocycles. The lowest BCUT2D eigenvalue weighted by Crippen LogP contribution is -1.90. The SMILES string of the molecule is C1=Nc2ccccc2Oc2ncccc21. The van der Waals surface area contributed by atoms with Crippen molar-refractivity contribution in [2.24, 2.45) is 4.99 Å². The van der Waals surface area contributed by atoms with Gasteiger partial charge in [0.05, 0.1) is 5.56 Å². The van der Waals surface area contributed by atoms with E-state index >= 15 is 0 Å². The Morgan fingerprint density at radius 1 is 1.00 bits per heavy atom. The van der Waals surface area contributed by atoms with E-state index in [-0.39, 0.29) is 0 Å². The monoisotopic (exact) mass is 196 g/mol. The fourth-order valence-electron chi connectivity index (χ4n) is 1.48. The average Bonchev–Trinajstić information content (AvgIpc) is 2.48. The first-order valence-corrected chi connectivity index (χ1v) is 4.69. The number of hydrogen-bond acceptors (Lipinski definition) is 3. The number of fused-ring (bicyclic) bond motifs is 2. The van der Waals surface area contributed by atoms with Crippen molar-refractivity contribution in [2.45, 2.75) is 0 Å². The third-order valence-electron chi connectivity index (χ3n) is 2.22. The molecule has 0 spiro atoms. The molecule has 1 aromatic carbocycles. The lowest BCUT2D eigenvalue weighted by atomic mass is 10.3. The van der Waals surface area contributed by atoms with E-state index in [4.69, 9.17) is 4.74 Å². The molecule has 0 saturated heterocycles. The topological polar surface area (TPSA) is 34.5 Å². The minimum absolute atomic E-state index is 0.603. The van der Waals surface area contributed by atoms with E-state index in [2.05, 4.69) is 9.98 Å². The van der Waals surface area contributed by atoms with Crippen LogP contribution in [0.5, 0.6) is 11.6 Å². The summed E-state index contributed by atoms with van der Waals surface area (Å²) in [6.45, 7) is 0. The summed E-state index contributed by atoms with van der Waals surface area (Å²) in [5.41, 5.74) is 1.73. The summed E-state index contributed by atoms with van der Waals surface area (Å²) in [4.78, 5) is 8.50. The number of ether oxygens (including phenoxy) is 1. The Kier molecular flexibility index (Phi) is 1.75. The zero-order valence-corrected chi connectivity index (χ0v) is 7.92. The van der Waals surface area contributed by atoms with Crippen LogP contribution in [0.2, 0.25) is 0 Å². The Hall–Kier alpha value is -2.16. The van der Waals surface area contributed by atoms with E-state index in [9.17, 15) is 0 Å². The quantitative estimate of drug-likeness (QED) is 0.554. The average molecular weight is 196 g/mol. The van der Waals surface area contributed by atoms with Crippen molar-refractivity contribution in [2.75, 3.05) is 0 Å². The van der Waals surface area contributed by atoms with E-state index in [1.807, 2.05) is 36.4 Å². The number of aliphatic imine (C=N–C) groups is 1. The molecule has 3 nitrogen and oxygen atoms in total. The van der Waals surface area contributed by atoms with Crippen molar-refractivity contribution >= 4 is 11.9 Å². The smallest absolute Gasteiger partial charge is 0.228 e. The third-order valence-corrected chi connectivity index (χ3v) is 2.22. The molecule has 15 heavy (non-hydrogen) atoms. The lowest BCUT2D eigenvalue weighted by molar-refractivity contribution is 0.465. The van der Waals surface area contributed by atoms with Gasteiger partial charge in [-0.1, -0.05) is 12.1 Å². The third kappa shape index (κ3) is 1.38. The molecule has 0 amide bonds. The highest BCUT2D eigenvalue weighted by Crippen LogP contribution is 2.33. The molecule has 72 valence electrons. The first kappa shape index (κ1) is 8.17. The van der Waals surface area contributed by atoms with Crippen LogP contribution in [0, 0.1) is 0 Å². The standard InChI is InChI=1S/C12H8N2O/c1-2-6-11-10(5-1)14-8-9-4-3-7-13-12(9)15-11/h1-8H. The molecule has 0 atom stereocenters. The van der Waals surface area contributed by atoms with Gasteiger partial charge in [0.25, 0.3) is 0 Å². The Balaban J connectivity index is 2.19. The van der Waals surface area contributed by atoms with Crippen molar-refractivity contribution in [3.05, 3.63) is 48.2 Å². The van der Waals surface area contributed by atoms with Gasteiger partial charge in [0.2, 0.25) is 5.88 Å². The van der Waals surface area contributed by atoms with Crippen molar-refractivity contribution < 1.29 is 4.74 Å². The summed E-state index contributed by atoms with van der Waals surface area (Å²) in [6, 6.07) is 11.4. The van der Waals surface area contributed by atoms with Crippen molar-refractivity contribution in [3.63, 3.8) is 0 Å². The largest absolute Gasteiger partial charge is 0.436 e. The second-order valence-corrected chi connectivity index (χ2v) is 3.23. The summed E-state index contributed by atoms with van der Waals surface area (Å²) < 4.78 is 5.67. The second-order valence-electron chi connectivity index (χ2n) is 3.23. The minimum atomic E-state index is 0.603. The molecule has 2 aromatic rings. The number of para-hydroxylation sites is 2. The molecule has 0 saturated carbocycles. The van der Waals surface area contributed by atoms with Gasteiger partial charge in [0.1, 0.15) is 5.69 Å². The molecule has 2 heterocycles. The molecular formula is C12H8N2O. The molecule has 3 heteroatoms. The molecular weight excluding hydrogens is 188 g/mol. The van der Waals surface area contributed by atoms with Gasteiger partial charge in [-0.25, -0.2) is 4.98 Å². The van der Waals surface area contributed by atoms with Crippen LogP contribution in [-0.2, 0) is 0 Å². The highest BCUT2D eigenvalue weighted by molar-refractivity contribution is 5.86. The zero-order valence-electron chi connectivity index (χ0n) is 7.92. The van der Waals surface area contributed by atoms with Gasteiger partial charge in [-0.05, 0) is 24.3 Å². The van der Waals surface area contributed by atoms with Gasteiger partial charge in [-0.3, -0.25) is 4.99 Å². The summed E-state index contributed by atoms with van der Waals surface area (Å²) in [5.74, 6) is 1.34. The van der Waals surface area contributed by atoms with Crippen molar-refractivity contribution in [1.82, 2.24) is 4.98 Å². The van der Waals surface area contributed by atoms with Crippen LogP contribution in [0.4, 0.5) is 5.69 Å². The van der Waals surface area contributed by atoms with Crippen LogP contribution in [0.15, 0.2) is 47.6 Å². The highest BCUT2D eigenvalue weighted by Gasteiger charge is 2.10. The number of pyridine rings is 1. The maximum absolute atomic E-state index is 5.67. The van der Waals surface area contributed by atoms with Crippen molar-refractivity contribution in [1.29, 1.82) is 0 Å². The van der Waals surface area contributed by atoms with Crippen LogP contribution in [0.3, 0.4) is 0 Å². The van der Waals surface area contributed by atoms with Gasteiger partial charge in [0.15, 0.2) is 5.75 Å². The molecule has 1 aliphatic rings. The van der Waals surface area contributed by atoms with E-state index < -0.39 is 0 Å². The van der Waals surface area contributed by atoms with Crippen LogP contribution in [-0.4, -0.2) is 11.2 Å². The summed E-state index contributed by atoms with van der Waals surface area (Å²) in [5, 5.41) is 0. The Morgan fingerprint density at radius 2 is 1.93 bits per heavy atom. The molecule has 0 bridgehead atoms.